The second kappa shape index (κ2) is 7.59. The first-order valence-electron chi connectivity index (χ1n) is 5.94. The lowest BCUT2D eigenvalue weighted by atomic mass is 10.2. The third-order valence-corrected chi connectivity index (χ3v) is 2.48. The number of nitriles is 1. The molecule has 0 aliphatic carbocycles. The normalized spacial score (nSPS) is 10.5. The van der Waals surface area contributed by atoms with Gasteiger partial charge in [0.05, 0.1) is 6.42 Å². The summed E-state index contributed by atoms with van der Waals surface area (Å²) < 4.78 is 0. The van der Waals surface area contributed by atoms with Crippen molar-refractivity contribution >= 4 is 17.6 Å². The van der Waals surface area contributed by atoms with Gasteiger partial charge >= 0.3 is 5.97 Å². The maximum Gasteiger partial charge on any atom is 0.305 e. The summed E-state index contributed by atoms with van der Waals surface area (Å²) in [5, 5.41) is 19.8. The summed E-state index contributed by atoms with van der Waals surface area (Å²) >= 11 is 0. The Hall–Kier alpha value is -2.81. The number of carboxylic acid groups (broad SMARTS) is 1. The number of rotatable bonds is 6. The summed E-state index contributed by atoms with van der Waals surface area (Å²) in [6, 6.07) is 11.0. The Labute approximate surface area is 116 Å². The Kier molecular flexibility index (Phi) is 5.78. The average molecular weight is 273 g/mol. The lowest BCUT2D eigenvalue weighted by Gasteiger charge is -2.14. The monoisotopic (exact) mass is 273 g/mol. The van der Waals surface area contributed by atoms with E-state index in [0.717, 1.165) is 5.69 Å². The Bertz CT molecular complexity index is 547. The van der Waals surface area contributed by atoms with E-state index in [2.05, 4.69) is 5.32 Å². The fourth-order valence-corrected chi connectivity index (χ4v) is 1.45. The van der Waals surface area contributed by atoms with Crippen LogP contribution in [0.1, 0.15) is 6.42 Å². The van der Waals surface area contributed by atoms with Crippen LogP contribution < -0.4 is 10.2 Å². The summed E-state index contributed by atoms with van der Waals surface area (Å²) in [4.78, 5) is 23.7. The van der Waals surface area contributed by atoms with Crippen LogP contribution >= 0.6 is 0 Å². The lowest BCUT2D eigenvalue weighted by Crippen LogP contribution is -2.28. The van der Waals surface area contributed by atoms with Crippen molar-refractivity contribution in [2.45, 2.75) is 6.42 Å². The number of carboxylic acids is 1. The lowest BCUT2D eigenvalue weighted by molar-refractivity contribution is -0.136. The van der Waals surface area contributed by atoms with Gasteiger partial charge in [-0.05, 0) is 12.1 Å². The number of nitrogens with zero attached hydrogens (tertiary/aromatic N) is 2. The highest BCUT2D eigenvalue weighted by atomic mass is 16.4. The number of amides is 1. The highest BCUT2D eigenvalue weighted by molar-refractivity contribution is 5.97. The van der Waals surface area contributed by atoms with E-state index in [4.69, 9.17) is 10.4 Å². The molecule has 6 nitrogen and oxygen atoms in total. The van der Waals surface area contributed by atoms with Gasteiger partial charge in [0.1, 0.15) is 11.6 Å². The SMILES string of the molecule is CN(/C=C(/C#N)C(=O)NCCC(=O)O)c1ccccc1. The van der Waals surface area contributed by atoms with Crippen LogP contribution in [0.15, 0.2) is 42.1 Å². The number of carbonyl (C=O) groups excluding carboxylic acids is 1. The third kappa shape index (κ3) is 4.82. The molecule has 1 amide bonds. The smallest absolute Gasteiger partial charge is 0.305 e. The van der Waals surface area contributed by atoms with E-state index >= 15 is 0 Å². The number of nitrogens with one attached hydrogen (secondary N) is 1. The molecule has 1 rings (SSSR count). The van der Waals surface area contributed by atoms with Gasteiger partial charge in [0, 0.05) is 25.5 Å². The van der Waals surface area contributed by atoms with Crippen LogP contribution in [0, 0.1) is 11.3 Å². The van der Waals surface area contributed by atoms with Gasteiger partial charge in [-0.2, -0.15) is 5.26 Å². The first-order chi connectivity index (χ1) is 9.54. The van der Waals surface area contributed by atoms with Crippen molar-refractivity contribution in [2.24, 2.45) is 0 Å². The van der Waals surface area contributed by atoms with Gasteiger partial charge in [-0.25, -0.2) is 0 Å². The van der Waals surface area contributed by atoms with Gasteiger partial charge in [0.15, 0.2) is 0 Å². The van der Waals surface area contributed by atoms with Crippen molar-refractivity contribution in [1.82, 2.24) is 5.32 Å². The average Bonchev–Trinajstić information content (AvgIpc) is 2.44. The highest BCUT2D eigenvalue weighted by Gasteiger charge is 2.10. The molecule has 0 fully saturated rings. The predicted octanol–water partition coefficient (Wildman–Crippen LogP) is 1.12. The van der Waals surface area contributed by atoms with E-state index in [0.29, 0.717) is 0 Å². The number of carbonyl (C=O) groups is 2. The van der Waals surface area contributed by atoms with E-state index in [-0.39, 0.29) is 18.5 Å². The van der Waals surface area contributed by atoms with Crippen LogP contribution in [0.4, 0.5) is 5.69 Å². The maximum absolute atomic E-state index is 11.7. The van der Waals surface area contributed by atoms with Crippen LogP contribution in [0.25, 0.3) is 0 Å². The molecule has 0 heterocycles. The first kappa shape index (κ1) is 15.2. The first-order valence-corrected chi connectivity index (χ1v) is 5.94. The number of anilines is 1. The van der Waals surface area contributed by atoms with E-state index < -0.39 is 11.9 Å². The van der Waals surface area contributed by atoms with Crippen molar-refractivity contribution in [1.29, 1.82) is 5.26 Å². The van der Waals surface area contributed by atoms with E-state index in [9.17, 15) is 9.59 Å². The van der Waals surface area contributed by atoms with Crippen LogP contribution in [-0.4, -0.2) is 30.6 Å². The van der Waals surface area contributed by atoms with Gasteiger partial charge in [0.25, 0.3) is 5.91 Å². The number of hydrogen-bond donors (Lipinski definition) is 2. The summed E-state index contributed by atoms with van der Waals surface area (Å²) in [5.41, 5.74) is 0.750. The number of aliphatic carboxylic acids is 1. The minimum atomic E-state index is -1.01. The van der Waals surface area contributed by atoms with Gasteiger partial charge in [-0.3, -0.25) is 9.59 Å². The van der Waals surface area contributed by atoms with Crippen LogP contribution in [0.2, 0.25) is 0 Å². The Balaban J connectivity index is 2.70. The molecule has 0 atom stereocenters. The van der Waals surface area contributed by atoms with Gasteiger partial charge < -0.3 is 15.3 Å². The largest absolute Gasteiger partial charge is 0.481 e. The van der Waals surface area contributed by atoms with Crippen LogP contribution in [-0.2, 0) is 9.59 Å². The second-order valence-electron chi connectivity index (χ2n) is 4.00. The second-order valence-corrected chi connectivity index (χ2v) is 4.00. The molecule has 2 N–H and O–H groups in total. The van der Waals surface area contributed by atoms with Crippen molar-refractivity contribution < 1.29 is 14.7 Å². The van der Waals surface area contributed by atoms with Crippen molar-refractivity contribution in [3.8, 4) is 6.07 Å². The zero-order valence-electron chi connectivity index (χ0n) is 11.0. The molecule has 0 saturated heterocycles. The zero-order valence-corrected chi connectivity index (χ0v) is 11.0. The Morgan fingerprint density at radius 3 is 2.60 bits per heavy atom. The number of para-hydroxylation sites is 1. The Morgan fingerprint density at radius 1 is 1.40 bits per heavy atom. The zero-order chi connectivity index (χ0) is 15.0. The number of hydrogen-bond acceptors (Lipinski definition) is 4. The minimum Gasteiger partial charge on any atom is -0.481 e. The maximum atomic E-state index is 11.7. The van der Waals surface area contributed by atoms with Crippen molar-refractivity contribution in [2.75, 3.05) is 18.5 Å². The molecule has 0 bridgehead atoms. The molecular formula is C14H15N3O3. The molecule has 6 heteroatoms. The fourth-order valence-electron chi connectivity index (χ4n) is 1.45. The molecular weight excluding hydrogens is 258 g/mol. The molecule has 0 saturated carbocycles. The highest BCUT2D eigenvalue weighted by Crippen LogP contribution is 2.12. The molecule has 0 radical (unpaired) electrons. The van der Waals surface area contributed by atoms with E-state index in [1.807, 2.05) is 30.3 Å². The molecule has 1 aromatic carbocycles. The summed E-state index contributed by atoms with van der Waals surface area (Å²) in [6.45, 7) is -0.0117. The molecule has 0 unspecified atom stereocenters. The molecule has 1 aromatic rings. The van der Waals surface area contributed by atoms with E-state index in [1.165, 1.54) is 6.20 Å². The van der Waals surface area contributed by atoms with Crippen LogP contribution in [0.3, 0.4) is 0 Å². The summed E-state index contributed by atoms with van der Waals surface area (Å²) in [5.74, 6) is -1.59. The topological polar surface area (TPSA) is 93.4 Å². The van der Waals surface area contributed by atoms with Crippen molar-refractivity contribution in [3.63, 3.8) is 0 Å². The van der Waals surface area contributed by atoms with Gasteiger partial charge in [-0.15, -0.1) is 0 Å². The molecule has 0 aliphatic heterocycles. The Morgan fingerprint density at radius 2 is 2.05 bits per heavy atom. The molecule has 0 aliphatic rings. The molecule has 0 spiro atoms. The number of benzene rings is 1. The molecule has 104 valence electrons. The van der Waals surface area contributed by atoms with E-state index in [1.54, 1.807) is 18.0 Å². The quantitative estimate of drug-likeness (QED) is 0.598. The summed E-state index contributed by atoms with van der Waals surface area (Å²) in [6.07, 6.45) is 1.23. The third-order valence-electron chi connectivity index (χ3n) is 2.48. The van der Waals surface area contributed by atoms with Gasteiger partial charge in [0.2, 0.25) is 0 Å². The van der Waals surface area contributed by atoms with Crippen LogP contribution in [0.5, 0.6) is 0 Å². The fraction of sp³-hybridized carbons (Fsp3) is 0.214. The predicted molar refractivity (Wildman–Crippen MR) is 73.8 cm³/mol. The van der Waals surface area contributed by atoms with Crippen molar-refractivity contribution in [3.05, 3.63) is 42.1 Å². The standard InChI is InChI=1S/C14H15N3O3/c1-17(12-5-3-2-4-6-12)10-11(9-15)14(20)16-8-7-13(18)19/h2-6,10H,7-8H2,1H3,(H,16,20)(H,18,19)/b11-10-. The summed E-state index contributed by atoms with van der Waals surface area (Å²) in [7, 11) is 1.72. The minimum absolute atomic E-state index is 0.0117. The molecule has 20 heavy (non-hydrogen) atoms. The molecule has 0 aromatic heterocycles. The van der Waals surface area contributed by atoms with Gasteiger partial charge in [-0.1, -0.05) is 18.2 Å².